The first-order chi connectivity index (χ1) is 18.5. The molecule has 0 bridgehead atoms. The Balaban J connectivity index is 1.76. The van der Waals surface area contributed by atoms with Crippen LogP contribution in [0.25, 0.3) is 0 Å². The second-order valence-electron chi connectivity index (χ2n) is 8.86. The van der Waals surface area contributed by atoms with Crippen molar-refractivity contribution in [2.24, 2.45) is 0 Å². The summed E-state index contributed by atoms with van der Waals surface area (Å²) in [5.74, 6) is -1.54. The highest BCUT2D eigenvalue weighted by Crippen LogP contribution is 2.10. The molecule has 0 saturated carbocycles. The van der Waals surface area contributed by atoms with Crippen molar-refractivity contribution in [3.05, 3.63) is 83.9 Å². The van der Waals surface area contributed by atoms with E-state index in [4.69, 9.17) is 9.47 Å². The van der Waals surface area contributed by atoms with Gasteiger partial charge in [0.25, 0.3) is 0 Å². The fourth-order valence-electron chi connectivity index (χ4n) is 4.04. The minimum Gasteiger partial charge on any atom is -0.463 e. The monoisotopic (exact) mass is 521 g/mol. The number of hydrogen-bond acceptors (Lipinski definition) is 6. The third-order valence-corrected chi connectivity index (χ3v) is 6.09. The second kappa shape index (κ2) is 15.3. The molecule has 3 rings (SSSR count). The average molecular weight is 522 g/mol. The highest BCUT2D eigenvalue weighted by atomic mass is 16.5. The van der Waals surface area contributed by atoms with Crippen LogP contribution in [0.4, 0.5) is 4.79 Å². The number of morpholine rings is 1. The van der Waals surface area contributed by atoms with Crippen molar-refractivity contribution in [2.45, 2.75) is 38.3 Å². The molecule has 0 unspecified atom stereocenters. The van der Waals surface area contributed by atoms with Gasteiger partial charge >= 0.3 is 12.0 Å². The number of rotatable bonds is 12. The van der Waals surface area contributed by atoms with E-state index in [1.807, 2.05) is 60.7 Å². The van der Waals surface area contributed by atoms with E-state index in [-0.39, 0.29) is 19.1 Å². The largest absolute Gasteiger partial charge is 0.463 e. The topological polar surface area (TPSA) is 114 Å². The average Bonchev–Trinajstić information content (AvgIpc) is 2.95. The van der Waals surface area contributed by atoms with Gasteiger partial charge in [-0.15, -0.1) is 0 Å². The van der Waals surface area contributed by atoms with Crippen molar-refractivity contribution in [3.63, 3.8) is 0 Å². The molecule has 0 spiro atoms. The Morgan fingerprint density at radius 3 is 2.16 bits per heavy atom. The number of urea groups is 1. The molecule has 0 radical (unpaired) electrons. The third-order valence-electron chi connectivity index (χ3n) is 6.09. The minimum atomic E-state index is -0.909. The summed E-state index contributed by atoms with van der Waals surface area (Å²) in [5, 5.41) is 5.66. The van der Waals surface area contributed by atoms with E-state index in [1.165, 1.54) is 0 Å². The minimum absolute atomic E-state index is 0.190. The van der Waals surface area contributed by atoms with Gasteiger partial charge in [0.1, 0.15) is 6.04 Å². The van der Waals surface area contributed by atoms with Crippen LogP contribution >= 0.6 is 0 Å². The van der Waals surface area contributed by atoms with Gasteiger partial charge in [-0.3, -0.25) is 9.59 Å². The molecular formula is C29H35N3O6. The van der Waals surface area contributed by atoms with E-state index in [1.54, 1.807) is 11.8 Å². The summed E-state index contributed by atoms with van der Waals surface area (Å²) >= 11 is 0. The lowest BCUT2D eigenvalue weighted by Crippen LogP contribution is -2.56. The zero-order valence-electron chi connectivity index (χ0n) is 21.6. The first kappa shape index (κ1) is 28.6. The number of amides is 3. The Kier molecular flexibility index (Phi) is 11.5. The maximum Gasteiger partial charge on any atom is 0.330 e. The molecule has 1 fully saturated rings. The quantitative estimate of drug-likeness (QED) is 0.328. The zero-order chi connectivity index (χ0) is 27.2. The van der Waals surface area contributed by atoms with E-state index >= 15 is 0 Å². The Bertz CT molecular complexity index is 1080. The number of carbonyl (C=O) groups excluding carboxylic acids is 4. The number of aryl methyl sites for hydroxylation is 1. The van der Waals surface area contributed by atoms with Gasteiger partial charge in [-0.05, 0) is 37.0 Å². The summed E-state index contributed by atoms with van der Waals surface area (Å²) in [5.41, 5.74) is 1.87. The SMILES string of the molecule is CCOC(=O)/C=C/C(=O)[C@H](CCc1ccccc1)NC(=O)[C@H](Cc1ccccc1)NC(=O)N1CCOCC1. The molecule has 1 heterocycles. The first-order valence-electron chi connectivity index (χ1n) is 12.9. The van der Waals surface area contributed by atoms with Crippen LogP contribution in [0.3, 0.4) is 0 Å². The lowest BCUT2D eigenvalue weighted by molar-refractivity contribution is -0.137. The fraction of sp³-hybridized carbons (Fsp3) is 0.379. The van der Waals surface area contributed by atoms with E-state index in [9.17, 15) is 19.2 Å². The number of nitrogens with one attached hydrogen (secondary N) is 2. The number of carbonyl (C=O) groups is 4. The van der Waals surface area contributed by atoms with E-state index < -0.39 is 29.7 Å². The molecule has 0 aliphatic carbocycles. The molecule has 2 N–H and O–H groups in total. The predicted octanol–water partition coefficient (Wildman–Crippen LogP) is 2.45. The van der Waals surface area contributed by atoms with Gasteiger partial charge in [0.15, 0.2) is 5.78 Å². The molecule has 9 heteroatoms. The van der Waals surface area contributed by atoms with E-state index in [0.29, 0.717) is 39.1 Å². The van der Waals surface area contributed by atoms with Crippen LogP contribution in [0.2, 0.25) is 0 Å². The van der Waals surface area contributed by atoms with Gasteiger partial charge < -0.3 is 25.0 Å². The van der Waals surface area contributed by atoms with Crippen LogP contribution in [-0.4, -0.2) is 73.6 Å². The number of ketones is 1. The molecule has 1 aliphatic rings. The van der Waals surface area contributed by atoms with Crippen molar-refractivity contribution >= 4 is 23.7 Å². The van der Waals surface area contributed by atoms with E-state index in [2.05, 4.69) is 10.6 Å². The second-order valence-corrected chi connectivity index (χ2v) is 8.86. The number of hydrogen-bond donors (Lipinski definition) is 2. The lowest BCUT2D eigenvalue weighted by atomic mass is 10.00. The van der Waals surface area contributed by atoms with Crippen LogP contribution in [0, 0.1) is 0 Å². The maximum absolute atomic E-state index is 13.5. The van der Waals surface area contributed by atoms with Crippen molar-refractivity contribution in [1.82, 2.24) is 15.5 Å². The first-order valence-corrected chi connectivity index (χ1v) is 12.9. The molecule has 9 nitrogen and oxygen atoms in total. The van der Waals surface area contributed by atoms with E-state index in [0.717, 1.165) is 23.3 Å². The lowest BCUT2D eigenvalue weighted by Gasteiger charge is -2.29. The molecule has 2 aromatic rings. The highest BCUT2D eigenvalue weighted by molar-refractivity contribution is 6.01. The van der Waals surface area contributed by atoms with Crippen LogP contribution < -0.4 is 10.6 Å². The molecule has 2 atom stereocenters. The van der Waals surface area contributed by atoms with Crippen molar-refractivity contribution < 1.29 is 28.7 Å². The Morgan fingerprint density at radius 1 is 0.895 bits per heavy atom. The third kappa shape index (κ3) is 9.48. The van der Waals surface area contributed by atoms with Crippen LogP contribution in [0.1, 0.15) is 24.5 Å². The van der Waals surface area contributed by atoms with Gasteiger partial charge in [-0.25, -0.2) is 9.59 Å². The summed E-state index contributed by atoms with van der Waals surface area (Å²) in [7, 11) is 0. The molecule has 2 aromatic carbocycles. The zero-order valence-corrected chi connectivity index (χ0v) is 21.6. The molecule has 0 aromatic heterocycles. The Morgan fingerprint density at radius 2 is 1.53 bits per heavy atom. The molecule has 1 saturated heterocycles. The maximum atomic E-state index is 13.5. The highest BCUT2D eigenvalue weighted by Gasteiger charge is 2.28. The summed E-state index contributed by atoms with van der Waals surface area (Å²) in [6, 6.07) is 16.8. The predicted molar refractivity (Wildman–Crippen MR) is 142 cm³/mol. The molecule has 38 heavy (non-hydrogen) atoms. The van der Waals surface area contributed by atoms with Gasteiger partial charge in [0, 0.05) is 25.6 Å². The normalized spacial score (nSPS) is 14.9. The number of ether oxygens (including phenoxy) is 2. The van der Waals surface area contributed by atoms with Crippen LogP contribution in [0.15, 0.2) is 72.8 Å². The van der Waals surface area contributed by atoms with Crippen molar-refractivity contribution in [1.29, 1.82) is 0 Å². The van der Waals surface area contributed by atoms with Crippen molar-refractivity contribution in [2.75, 3.05) is 32.9 Å². The number of benzene rings is 2. The van der Waals surface area contributed by atoms with Crippen molar-refractivity contribution in [3.8, 4) is 0 Å². The van der Waals surface area contributed by atoms with Crippen LogP contribution in [0.5, 0.6) is 0 Å². The van der Waals surface area contributed by atoms with Gasteiger partial charge in [-0.2, -0.15) is 0 Å². The standard InChI is InChI=1S/C29H35N3O6/c1-2-38-27(34)16-15-26(33)24(14-13-22-9-5-3-6-10-22)30-28(35)25(21-23-11-7-4-8-12-23)31-29(36)32-17-19-37-20-18-32/h3-12,15-16,24-25H,2,13-14,17-21H2,1H3,(H,30,35)(H,31,36)/b16-15+/t24-,25-/m0/s1. The molecular weight excluding hydrogens is 486 g/mol. The Hall–Kier alpha value is -3.98. The fourth-order valence-corrected chi connectivity index (χ4v) is 4.04. The molecule has 1 aliphatic heterocycles. The summed E-state index contributed by atoms with van der Waals surface area (Å²) in [6.07, 6.45) is 3.30. The summed E-state index contributed by atoms with van der Waals surface area (Å²) in [4.78, 5) is 52.8. The van der Waals surface area contributed by atoms with Gasteiger partial charge in [-0.1, -0.05) is 60.7 Å². The molecule has 3 amide bonds. The molecule has 202 valence electrons. The smallest absolute Gasteiger partial charge is 0.330 e. The van der Waals surface area contributed by atoms with Gasteiger partial charge in [0.05, 0.1) is 25.9 Å². The number of esters is 1. The summed E-state index contributed by atoms with van der Waals surface area (Å²) in [6.45, 7) is 3.60. The summed E-state index contributed by atoms with van der Waals surface area (Å²) < 4.78 is 10.2. The van der Waals surface area contributed by atoms with Crippen LogP contribution in [-0.2, 0) is 36.7 Å². The van der Waals surface area contributed by atoms with Gasteiger partial charge in [0.2, 0.25) is 5.91 Å². The Labute approximate surface area is 223 Å². The number of nitrogens with zero attached hydrogens (tertiary/aromatic N) is 1.